The molecule has 2 nitrogen and oxygen atoms in total. The molecule has 5 heteroatoms. The number of fused-ring (bicyclic) bond motifs is 1. The first-order valence-electron chi connectivity index (χ1n) is 5.73. The second-order valence-corrected chi connectivity index (χ2v) is 5.96. The highest BCUT2D eigenvalue weighted by Gasteiger charge is 2.04. The maximum atomic E-state index is 5.95. The van der Waals surface area contributed by atoms with Gasteiger partial charge in [-0.1, -0.05) is 47.1 Å². The average Bonchev–Trinajstić information content (AvgIpc) is 2.80. The van der Waals surface area contributed by atoms with E-state index in [-0.39, 0.29) is 0 Å². The van der Waals surface area contributed by atoms with E-state index in [0.717, 1.165) is 27.0 Å². The zero-order chi connectivity index (χ0) is 13.2. The fraction of sp³-hybridized carbons (Fsp3) is 0.0714. The van der Waals surface area contributed by atoms with Crippen LogP contribution < -0.4 is 0 Å². The minimum Gasteiger partial charge on any atom is -0.333 e. The molecule has 0 saturated heterocycles. The van der Waals surface area contributed by atoms with Crippen molar-refractivity contribution in [3.63, 3.8) is 0 Å². The summed E-state index contributed by atoms with van der Waals surface area (Å²) in [5, 5.41) is 2.37. The SMILES string of the molecule is Clc1ccc(CSc2nc3ccc(Cl)cc3[nH]2)cc1. The van der Waals surface area contributed by atoms with Gasteiger partial charge in [-0.25, -0.2) is 4.98 Å². The zero-order valence-corrected chi connectivity index (χ0v) is 12.2. The number of rotatable bonds is 3. The highest BCUT2D eigenvalue weighted by molar-refractivity contribution is 7.98. The third-order valence-corrected chi connectivity index (χ3v) is 4.14. The van der Waals surface area contributed by atoms with Crippen molar-refractivity contribution in [1.29, 1.82) is 0 Å². The largest absolute Gasteiger partial charge is 0.333 e. The van der Waals surface area contributed by atoms with Gasteiger partial charge in [0.25, 0.3) is 0 Å². The third kappa shape index (κ3) is 3.06. The van der Waals surface area contributed by atoms with Gasteiger partial charge in [-0.2, -0.15) is 0 Å². The molecular formula is C14H10Cl2N2S. The van der Waals surface area contributed by atoms with E-state index in [2.05, 4.69) is 9.97 Å². The summed E-state index contributed by atoms with van der Waals surface area (Å²) in [5.74, 6) is 0.852. The van der Waals surface area contributed by atoms with Crippen LogP contribution in [0.3, 0.4) is 0 Å². The number of halogens is 2. The van der Waals surface area contributed by atoms with Gasteiger partial charge in [-0.3, -0.25) is 0 Å². The Labute approximate surface area is 125 Å². The molecule has 0 atom stereocenters. The molecule has 0 aliphatic rings. The predicted molar refractivity (Wildman–Crippen MR) is 82.1 cm³/mol. The number of imidazole rings is 1. The summed E-state index contributed by atoms with van der Waals surface area (Å²) in [5.41, 5.74) is 3.11. The van der Waals surface area contributed by atoms with Gasteiger partial charge >= 0.3 is 0 Å². The van der Waals surface area contributed by atoms with Crippen molar-refractivity contribution in [2.75, 3.05) is 0 Å². The van der Waals surface area contributed by atoms with Gasteiger partial charge in [0.15, 0.2) is 5.16 Å². The standard InChI is InChI=1S/C14H10Cl2N2S/c15-10-3-1-9(2-4-10)8-19-14-17-12-6-5-11(16)7-13(12)18-14/h1-7H,8H2,(H,17,18). The molecule has 2 aromatic carbocycles. The van der Waals surface area contributed by atoms with Crippen LogP contribution in [-0.4, -0.2) is 9.97 Å². The molecule has 1 aromatic heterocycles. The van der Waals surface area contributed by atoms with Gasteiger partial charge in [0.05, 0.1) is 11.0 Å². The van der Waals surface area contributed by atoms with E-state index in [9.17, 15) is 0 Å². The minimum atomic E-state index is 0.713. The van der Waals surface area contributed by atoms with Crippen molar-refractivity contribution in [2.45, 2.75) is 10.9 Å². The van der Waals surface area contributed by atoms with Crippen LogP contribution in [0.2, 0.25) is 10.0 Å². The van der Waals surface area contributed by atoms with Crippen LogP contribution in [0.25, 0.3) is 11.0 Å². The lowest BCUT2D eigenvalue weighted by Crippen LogP contribution is -1.81. The van der Waals surface area contributed by atoms with Gasteiger partial charge in [0.1, 0.15) is 0 Å². The molecule has 3 rings (SSSR count). The van der Waals surface area contributed by atoms with Crippen LogP contribution >= 0.6 is 35.0 Å². The Hall–Kier alpha value is -1.16. The second-order valence-electron chi connectivity index (χ2n) is 4.12. The molecule has 0 fully saturated rings. The van der Waals surface area contributed by atoms with Crippen LogP contribution in [0, 0.1) is 0 Å². The Morgan fingerprint density at radius 2 is 1.74 bits per heavy atom. The number of hydrogen-bond donors (Lipinski definition) is 1. The van der Waals surface area contributed by atoms with Crippen molar-refractivity contribution < 1.29 is 0 Å². The third-order valence-electron chi connectivity index (χ3n) is 2.71. The molecule has 0 unspecified atom stereocenters. The highest BCUT2D eigenvalue weighted by Crippen LogP contribution is 2.25. The number of thioether (sulfide) groups is 1. The van der Waals surface area contributed by atoms with Crippen molar-refractivity contribution in [3.05, 3.63) is 58.1 Å². The van der Waals surface area contributed by atoms with E-state index >= 15 is 0 Å². The van der Waals surface area contributed by atoms with Crippen molar-refractivity contribution in [2.24, 2.45) is 0 Å². The predicted octanol–water partition coefficient (Wildman–Crippen LogP) is 5.16. The number of H-pyrrole nitrogens is 1. The molecule has 0 bridgehead atoms. The highest BCUT2D eigenvalue weighted by atomic mass is 35.5. The quantitative estimate of drug-likeness (QED) is 0.677. The summed E-state index contributed by atoms with van der Waals surface area (Å²) in [4.78, 5) is 7.77. The summed E-state index contributed by atoms with van der Waals surface area (Å²) in [7, 11) is 0. The summed E-state index contributed by atoms with van der Waals surface area (Å²) < 4.78 is 0. The Morgan fingerprint density at radius 3 is 2.53 bits per heavy atom. The number of benzene rings is 2. The maximum Gasteiger partial charge on any atom is 0.166 e. The van der Waals surface area contributed by atoms with E-state index in [1.165, 1.54) is 5.56 Å². The van der Waals surface area contributed by atoms with Crippen LogP contribution in [0.5, 0.6) is 0 Å². The first-order chi connectivity index (χ1) is 9.20. The number of aromatic amines is 1. The van der Waals surface area contributed by atoms with Gasteiger partial charge in [0, 0.05) is 15.8 Å². The van der Waals surface area contributed by atoms with E-state index in [4.69, 9.17) is 23.2 Å². The lowest BCUT2D eigenvalue weighted by molar-refractivity contribution is 1.08. The molecule has 1 heterocycles. The first-order valence-corrected chi connectivity index (χ1v) is 7.47. The number of nitrogens with zero attached hydrogens (tertiary/aromatic N) is 1. The molecular weight excluding hydrogens is 299 g/mol. The van der Waals surface area contributed by atoms with Crippen molar-refractivity contribution in [3.8, 4) is 0 Å². The topological polar surface area (TPSA) is 28.7 Å². The zero-order valence-electron chi connectivity index (χ0n) is 9.86. The number of nitrogens with one attached hydrogen (secondary N) is 1. The van der Waals surface area contributed by atoms with E-state index in [0.29, 0.717) is 5.02 Å². The van der Waals surface area contributed by atoms with E-state index < -0.39 is 0 Å². The molecule has 19 heavy (non-hydrogen) atoms. The summed E-state index contributed by atoms with van der Waals surface area (Å²) in [6.07, 6.45) is 0. The summed E-state index contributed by atoms with van der Waals surface area (Å²) >= 11 is 13.5. The summed E-state index contributed by atoms with van der Waals surface area (Å²) in [6.45, 7) is 0. The van der Waals surface area contributed by atoms with Crippen LogP contribution in [-0.2, 0) is 5.75 Å². The molecule has 0 amide bonds. The number of aromatic nitrogens is 2. The normalized spacial score (nSPS) is 11.1. The van der Waals surface area contributed by atoms with Crippen molar-refractivity contribution in [1.82, 2.24) is 9.97 Å². The second kappa shape index (κ2) is 5.45. The monoisotopic (exact) mass is 308 g/mol. The molecule has 0 spiro atoms. The fourth-order valence-electron chi connectivity index (χ4n) is 1.76. The number of hydrogen-bond acceptors (Lipinski definition) is 2. The Morgan fingerprint density at radius 1 is 1.00 bits per heavy atom. The molecule has 1 N–H and O–H groups in total. The summed E-state index contributed by atoms with van der Waals surface area (Å²) in [6, 6.07) is 13.5. The molecule has 0 aliphatic heterocycles. The van der Waals surface area contributed by atoms with Crippen LogP contribution in [0.1, 0.15) is 5.56 Å². The van der Waals surface area contributed by atoms with E-state index in [1.807, 2.05) is 42.5 Å². The lowest BCUT2D eigenvalue weighted by Gasteiger charge is -1.98. The minimum absolute atomic E-state index is 0.713. The van der Waals surface area contributed by atoms with Crippen LogP contribution in [0.4, 0.5) is 0 Å². The fourth-order valence-corrected chi connectivity index (χ4v) is 2.90. The van der Waals surface area contributed by atoms with Crippen molar-refractivity contribution >= 4 is 46.0 Å². The Kier molecular flexibility index (Phi) is 3.69. The lowest BCUT2D eigenvalue weighted by atomic mass is 10.2. The van der Waals surface area contributed by atoms with Gasteiger partial charge in [0.2, 0.25) is 0 Å². The molecule has 0 aliphatic carbocycles. The van der Waals surface area contributed by atoms with Gasteiger partial charge in [-0.05, 0) is 35.9 Å². The molecule has 96 valence electrons. The molecule has 0 saturated carbocycles. The molecule has 0 radical (unpaired) electrons. The average molecular weight is 309 g/mol. The molecule has 3 aromatic rings. The smallest absolute Gasteiger partial charge is 0.166 e. The Balaban J connectivity index is 1.76. The van der Waals surface area contributed by atoms with E-state index in [1.54, 1.807) is 11.8 Å². The van der Waals surface area contributed by atoms with Gasteiger partial charge < -0.3 is 4.98 Å². The van der Waals surface area contributed by atoms with Crippen LogP contribution in [0.15, 0.2) is 47.6 Å². The van der Waals surface area contributed by atoms with Gasteiger partial charge in [-0.15, -0.1) is 0 Å². The maximum absolute atomic E-state index is 5.95. The Bertz CT molecular complexity index is 707. The first kappa shape index (κ1) is 12.9.